The van der Waals surface area contributed by atoms with Gasteiger partial charge in [-0.15, -0.1) is 18.3 Å². The van der Waals surface area contributed by atoms with Crippen molar-refractivity contribution in [3.63, 3.8) is 0 Å². The molecule has 0 spiro atoms. The third-order valence-corrected chi connectivity index (χ3v) is 3.97. The lowest BCUT2D eigenvalue weighted by Gasteiger charge is -2.25. The maximum Gasteiger partial charge on any atom is 0.00719 e. The van der Waals surface area contributed by atoms with E-state index in [9.17, 15) is 0 Å². The maximum atomic E-state index is 3.96. The van der Waals surface area contributed by atoms with Crippen LogP contribution in [-0.2, 0) is 0 Å². The highest BCUT2D eigenvalue weighted by molar-refractivity contribution is 7.99. The summed E-state index contributed by atoms with van der Waals surface area (Å²) in [5.41, 5.74) is 0.206. The number of nitrogens with one attached hydrogen (secondary N) is 1. The van der Waals surface area contributed by atoms with E-state index in [1.54, 1.807) is 0 Å². The molecule has 1 aromatic rings. The number of benzene rings is 1. The molecule has 0 fully saturated rings. The Morgan fingerprint density at radius 1 is 1.35 bits per heavy atom. The van der Waals surface area contributed by atoms with Gasteiger partial charge in [-0.1, -0.05) is 38.1 Å². The summed E-state index contributed by atoms with van der Waals surface area (Å²) in [6, 6.07) is 10.6. The number of rotatable bonds is 8. The average Bonchev–Trinajstić information content (AvgIpc) is 2.38. The van der Waals surface area contributed by atoms with Gasteiger partial charge in [0, 0.05) is 11.4 Å². The average molecular weight is 249 g/mol. The molecule has 1 nitrogen and oxygen atoms in total. The molecule has 1 rings (SSSR count). The minimum Gasteiger partial charge on any atom is -0.316 e. The zero-order valence-electron chi connectivity index (χ0n) is 10.9. The summed E-state index contributed by atoms with van der Waals surface area (Å²) in [4.78, 5) is 1.35. The Labute approximate surface area is 110 Å². The Morgan fingerprint density at radius 2 is 2.06 bits per heavy atom. The summed E-state index contributed by atoms with van der Waals surface area (Å²) in [5.74, 6) is 1.14. The fourth-order valence-electron chi connectivity index (χ4n) is 1.59. The zero-order chi connectivity index (χ0) is 12.6. The van der Waals surface area contributed by atoms with Crippen LogP contribution in [0.3, 0.4) is 0 Å². The lowest BCUT2D eigenvalue weighted by Crippen LogP contribution is -2.30. The van der Waals surface area contributed by atoms with Gasteiger partial charge < -0.3 is 5.32 Å². The Kier molecular flexibility index (Phi) is 6.38. The van der Waals surface area contributed by atoms with E-state index in [2.05, 4.69) is 62.2 Å². The molecular weight excluding hydrogens is 226 g/mol. The third-order valence-electron chi connectivity index (χ3n) is 2.96. The quantitative estimate of drug-likeness (QED) is 0.552. The van der Waals surface area contributed by atoms with Gasteiger partial charge in [0.05, 0.1) is 0 Å². The first kappa shape index (κ1) is 14.3. The third kappa shape index (κ3) is 5.42. The fourth-order valence-corrected chi connectivity index (χ4v) is 2.75. The molecule has 0 aromatic heterocycles. The minimum absolute atomic E-state index is 0.206. The predicted molar refractivity (Wildman–Crippen MR) is 78.6 cm³/mol. The van der Waals surface area contributed by atoms with Crippen LogP contribution in [0.4, 0.5) is 0 Å². The maximum absolute atomic E-state index is 3.96. The van der Waals surface area contributed by atoms with Crippen LogP contribution in [0.2, 0.25) is 0 Å². The Morgan fingerprint density at radius 3 is 2.65 bits per heavy atom. The van der Waals surface area contributed by atoms with Crippen molar-refractivity contribution in [2.24, 2.45) is 5.41 Å². The van der Waals surface area contributed by atoms with Crippen LogP contribution in [0, 0.1) is 5.41 Å². The fraction of sp³-hybridized carbons (Fsp3) is 0.467. The molecule has 0 aliphatic carbocycles. The van der Waals surface area contributed by atoms with E-state index in [0.29, 0.717) is 0 Å². The molecule has 1 atom stereocenters. The highest BCUT2D eigenvalue weighted by atomic mass is 32.2. The molecule has 94 valence electrons. The van der Waals surface area contributed by atoms with Crippen LogP contribution in [0.15, 0.2) is 47.9 Å². The van der Waals surface area contributed by atoms with Crippen LogP contribution in [0.25, 0.3) is 0 Å². The van der Waals surface area contributed by atoms with Gasteiger partial charge in [-0.3, -0.25) is 0 Å². The van der Waals surface area contributed by atoms with Crippen molar-refractivity contribution in [3.8, 4) is 0 Å². The zero-order valence-corrected chi connectivity index (χ0v) is 11.7. The summed E-state index contributed by atoms with van der Waals surface area (Å²) >= 11 is 1.92. The van der Waals surface area contributed by atoms with Gasteiger partial charge in [0.15, 0.2) is 0 Å². The summed E-state index contributed by atoms with van der Waals surface area (Å²) in [6.45, 7) is 10.4. The monoisotopic (exact) mass is 249 g/mol. The highest BCUT2D eigenvalue weighted by Crippen LogP contribution is 2.27. The van der Waals surface area contributed by atoms with Crippen molar-refractivity contribution in [1.29, 1.82) is 0 Å². The second-order valence-corrected chi connectivity index (χ2v) is 5.72. The van der Waals surface area contributed by atoms with Crippen molar-refractivity contribution >= 4 is 11.8 Å². The van der Waals surface area contributed by atoms with Crippen LogP contribution in [-0.4, -0.2) is 18.8 Å². The number of hydrogen-bond acceptors (Lipinski definition) is 2. The Balaban J connectivity index is 2.35. The van der Waals surface area contributed by atoms with Gasteiger partial charge in [0.25, 0.3) is 0 Å². The molecule has 0 heterocycles. The molecule has 0 aliphatic rings. The lowest BCUT2D eigenvalue weighted by atomic mass is 9.88. The summed E-state index contributed by atoms with van der Waals surface area (Å²) in [6.07, 6.45) is 3.24. The second kappa shape index (κ2) is 7.57. The van der Waals surface area contributed by atoms with E-state index in [4.69, 9.17) is 0 Å². The molecule has 17 heavy (non-hydrogen) atoms. The molecule has 2 heteroatoms. The molecule has 1 aromatic carbocycles. The molecule has 0 amide bonds. The Hall–Kier alpha value is -0.730. The first-order chi connectivity index (χ1) is 8.20. The van der Waals surface area contributed by atoms with Gasteiger partial charge in [-0.2, -0.15) is 0 Å². The smallest absolute Gasteiger partial charge is 0.00719 e. The van der Waals surface area contributed by atoms with Crippen molar-refractivity contribution in [3.05, 3.63) is 43.0 Å². The Bertz CT molecular complexity index is 323. The molecule has 1 N–H and O–H groups in total. The van der Waals surface area contributed by atoms with Gasteiger partial charge in [0.2, 0.25) is 0 Å². The van der Waals surface area contributed by atoms with E-state index in [-0.39, 0.29) is 5.41 Å². The standard InChI is InChI=1S/C15H23NS/c1-4-15(3,13-16-5-2)11-12-17-14-9-7-6-8-10-14/h4,6-10,16H,1,5,11-13H2,2-3H3. The second-order valence-electron chi connectivity index (χ2n) is 4.55. The first-order valence-electron chi connectivity index (χ1n) is 6.22. The molecule has 0 bridgehead atoms. The molecule has 0 saturated heterocycles. The predicted octanol–water partition coefficient (Wildman–Crippen LogP) is 3.97. The summed E-state index contributed by atoms with van der Waals surface area (Å²) in [5, 5.41) is 3.41. The molecule has 1 unspecified atom stereocenters. The van der Waals surface area contributed by atoms with E-state index in [1.807, 2.05) is 11.8 Å². The lowest BCUT2D eigenvalue weighted by molar-refractivity contribution is 0.388. The largest absolute Gasteiger partial charge is 0.316 e. The van der Waals surface area contributed by atoms with Gasteiger partial charge in [-0.25, -0.2) is 0 Å². The molecular formula is C15H23NS. The number of thioether (sulfide) groups is 1. The summed E-state index contributed by atoms with van der Waals surface area (Å²) < 4.78 is 0. The normalized spacial score (nSPS) is 14.2. The van der Waals surface area contributed by atoms with E-state index in [0.717, 1.165) is 25.3 Å². The van der Waals surface area contributed by atoms with E-state index >= 15 is 0 Å². The number of hydrogen-bond donors (Lipinski definition) is 1. The highest BCUT2D eigenvalue weighted by Gasteiger charge is 2.18. The topological polar surface area (TPSA) is 12.0 Å². The molecule has 0 saturated carbocycles. The van der Waals surface area contributed by atoms with Crippen LogP contribution < -0.4 is 5.32 Å². The van der Waals surface area contributed by atoms with Gasteiger partial charge in [0.1, 0.15) is 0 Å². The van der Waals surface area contributed by atoms with E-state index in [1.165, 1.54) is 4.90 Å². The van der Waals surface area contributed by atoms with Crippen LogP contribution in [0.1, 0.15) is 20.3 Å². The SMILES string of the molecule is C=CC(C)(CCSc1ccccc1)CNCC. The van der Waals surface area contributed by atoms with Gasteiger partial charge in [-0.05, 0) is 36.3 Å². The minimum atomic E-state index is 0.206. The van der Waals surface area contributed by atoms with Gasteiger partial charge >= 0.3 is 0 Å². The first-order valence-corrected chi connectivity index (χ1v) is 7.21. The molecule has 0 radical (unpaired) electrons. The van der Waals surface area contributed by atoms with Crippen molar-refractivity contribution < 1.29 is 0 Å². The molecule has 0 aliphatic heterocycles. The summed E-state index contributed by atoms with van der Waals surface area (Å²) in [7, 11) is 0. The van der Waals surface area contributed by atoms with Crippen LogP contribution >= 0.6 is 11.8 Å². The van der Waals surface area contributed by atoms with Crippen LogP contribution in [0.5, 0.6) is 0 Å². The van der Waals surface area contributed by atoms with Crippen molar-refractivity contribution in [2.45, 2.75) is 25.2 Å². The van der Waals surface area contributed by atoms with E-state index < -0.39 is 0 Å². The van der Waals surface area contributed by atoms with Crippen molar-refractivity contribution in [1.82, 2.24) is 5.32 Å². The van der Waals surface area contributed by atoms with Crippen molar-refractivity contribution in [2.75, 3.05) is 18.8 Å².